The van der Waals surface area contributed by atoms with Crippen molar-refractivity contribution >= 4 is 5.91 Å². The van der Waals surface area contributed by atoms with Crippen LogP contribution in [0.4, 0.5) is 0 Å². The van der Waals surface area contributed by atoms with Gasteiger partial charge in [0.15, 0.2) is 0 Å². The molecule has 0 radical (unpaired) electrons. The van der Waals surface area contributed by atoms with Crippen molar-refractivity contribution in [2.75, 3.05) is 13.1 Å². The minimum atomic E-state index is 0.166. The normalized spacial score (nSPS) is 27.7. The van der Waals surface area contributed by atoms with E-state index in [1.807, 2.05) is 0 Å². The molecule has 0 unspecified atom stereocenters. The molecule has 0 saturated carbocycles. The third kappa shape index (κ3) is 1.68. The fourth-order valence-electron chi connectivity index (χ4n) is 0.985. The number of hydrogen-bond acceptors (Lipinski definition) is 2. The van der Waals surface area contributed by atoms with Crippen molar-refractivity contribution in [1.82, 2.24) is 5.32 Å². The van der Waals surface area contributed by atoms with Crippen molar-refractivity contribution < 1.29 is 4.79 Å². The van der Waals surface area contributed by atoms with Gasteiger partial charge in [-0.25, -0.2) is 0 Å². The van der Waals surface area contributed by atoms with Gasteiger partial charge in [0.1, 0.15) is 0 Å². The van der Waals surface area contributed by atoms with E-state index in [4.69, 9.17) is 5.73 Å². The van der Waals surface area contributed by atoms with E-state index in [0.717, 1.165) is 13.0 Å². The maximum Gasteiger partial charge on any atom is 0.220 e. The predicted molar refractivity (Wildman–Crippen MR) is 34.8 cm³/mol. The first-order valence-corrected chi connectivity index (χ1v) is 3.29. The van der Waals surface area contributed by atoms with Crippen molar-refractivity contribution in [2.24, 2.45) is 11.7 Å². The Hall–Kier alpha value is -0.570. The zero-order valence-corrected chi connectivity index (χ0v) is 5.39. The van der Waals surface area contributed by atoms with Crippen LogP contribution in [0.25, 0.3) is 0 Å². The Bertz CT molecular complexity index is 104. The number of nitrogens with two attached hydrogens (primary N) is 1. The fraction of sp³-hybridized carbons (Fsp3) is 0.833. The van der Waals surface area contributed by atoms with Crippen molar-refractivity contribution in [3.63, 3.8) is 0 Å². The first kappa shape index (κ1) is 6.55. The third-order valence-electron chi connectivity index (χ3n) is 1.70. The topological polar surface area (TPSA) is 55.1 Å². The molecule has 0 aromatic carbocycles. The Morgan fingerprint density at radius 2 is 2.56 bits per heavy atom. The van der Waals surface area contributed by atoms with Gasteiger partial charge in [-0.1, -0.05) is 0 Å². The van der Waals surface area contributed by atoms with E-state index in [0.29, 0.717) is 18.9 Å². The van der Waals surface area contributed by atoms with Gasteiger partial charge < -0.3 is 11.1 Å². The highest BCUT2D eigenvalue weighted by molar-refractivity contribution is 5.76. The molecule has 3 heteroatoms. The summed E-state index contributed by atoms with van der Waals surface area (Å²) in [5.41, 5.74) is 5.40. The van der Waals surface area contributed by atoms with E-state index in [9.17, 15) is 4.79 Å². The van der Waals surface area contributed by atoms with Gasteiger partial charge in [0, 0.05) is 13.0 Å². The SMILES string of the molecule is NC[C@H]1CCC(=O)NC1. The summed E-state index contributed by atoms with van der Waals surface area (Å²) in [6.07, 6.45) is 1.62. The molecule has 9 heavy (non-hydrogen) atoms. The first-order chi connectivity index (χ1) is 4.33. The molecule has 1 heterocycles. The summed E-state index contributed by atoms with van der Waals surface area (Å²) in [5, 5.41) is 2.76. The number of carbonyl (C=O) groups excluding carboxylic acids is 1. The molecule has 1 rings (SSSR count). The van der Waals surface area contributed by atoms with E-state index in [1.165, 1.54) is 0 Å². The summed E-state index contributed by atoms with van der Waals surface area (Å²) in [4.78, 5) is 10.6. The quantitative estimate of drug-likeness (QED) is 0.499. The molecule has 0 bridgehead atoms. The van der Waals surface area contributed by atoms with E-state index in [2.05, 4.69) is 5.32 Å². The molecule has 1 fully saturated rings. The molecule has 0 spiro atoms. The van der Waals surface area contributed by atoms with Gasteiger partial charge in [-0.3, -0.25) is 4.79 Å². The molecular weight excluding hydrogens is 116 g/mol. The second kappa shape index (κ2) is 2.82. The second-order valence-electron chi connectivity index (χ2n) is 2.44. The van der Waals surface area contributed by atoms with E-state index >= 15 is 0 Å². The summed E-state index contributed by atoms with van der Waals surface area (Å²) >= 11 is 0. The number of hydrogen-bond donors (Lipinski definition) is 2. The Morgan fingerprint density at radius 3 is 3.00 bits per heavy atom. The van der Waals surface area contributed by atoms with E-state index in [-0.39, 0.29) is 5.91 Å². The van der Waals surface area contributed by atoms with Crippen LogP contribution in [0.3, 0.4) is 0 Å². The average Bonchev–Trinajstić information content (AvgIpc) is 1.90. The Morgan fingerprint density at radius 1 is 1.78 bits per heavy atom. The van der Waals surface area contributed by atoms with Crippen LogP contribution in [0.5, 0.6) is 0 Å². The minimum absolute atomic E-state index is 0.166. The van der Waals surface area contributed by atoms with Crippen LogP contribution in [-0.2, 0) is 4.79 Å². The molecule has 1 aliphatic heterocycles. The van der Waals surface area contributed by atoms with Crippen LogP contribution in [0.1, 0.15) is 12.8 Å². The summed E-state index contributed by atoms with van der Waals surface area (Å²) in [6, 6.07) is 0. The molecule has 1 atom stereocenters. The molecule has 1 aliphatic rings. The smallest absolute Gasteiger partial charge is 0.220 e. The van der Waals surface area contributed by atoms with Gasteiger partial charge in [0.25, 0.3) is 0 Å². The van der Waals surface area contributed by atoms with Gasteiger partial charge in [0.05, 0.1) is 0 Å². The molecule has 52 valence electrons. The third-order valence-corrected chi connectivity index (χ3v) is 1.70. The lowest BCUT2D eigenvalue weighted by Crippen LogP contribution is -2.37. The average molecular weight is 128 g/mol. The van der Waals surface area contributed by atoms with E-state index in [1.54, 1.807) is 0 Å². The lowest BCUT2D eigenvalue weighted by atomic mass is 10.00. The highest BCUT2D eigenvalue weighted by atomic mass is 16.1. The van der Waals surface area contributed by atoms with Crippen LogP contribution in [-0.4, -0.2) is 19.0 Å². The first-order valence-electron chi connectivity index (χ1n) is 3.29. The largest absolute Gasteiger partial charge is 0.356 e. The molecule has 0 aromatic heterocycles. The zero-order valence-electron chi connectivity index (χ0n) is 5.39. The summed E-state index contributed by atoms with van der Waals surface area (Å²) in [5.74, 6) is 0.683. The van der Waals surface area contributed by atoms with Crippen LogP contribution in [0, 0.1) is 5.92 Å². The zero-order chi connectivity index (χ0) is 6.69. The Kier molecular flexibility index (Phi) is 2.05. The monoisotopic (exact) mass is 128 g/mol. The second-order valence-corrected chi connectivity index (χ2v) is 2.44. The van der Waals surface area contributed by atoms with Gasteiger partial charge in [-0.05, 0) is 18.9 Å². The number of piperidine rings is 1. The maximum absolute atomic E-state index is 10.6. The molecular formula is C6H12N2O. The Labute approximate surface area is 54.6 Å². The predicted octanol–water partition coefficient (Wildman–Crippen LogP) is -0.529. The number of rotatable bonds is 1. The van der Waals surface area contributed by atoms with Crippen molar-refractivity contribution in [1.29, 1.82) is 0 Å². The molecule has 0 aliphatic carbocycles. The Balaban J connectivity index is 2.26. The highest BCUT2D eigenvalue weighted by Gasteiger charge is 2.15. The van der Waals surface area contributed by atoms with Gasteiger partial charge in [-0.15, -0.1) is 0 Å². The number of amides is 1. The molecule has 1 saturated heterocycles. The molecule has 3 nitrogen and oxygen atoms in total. The maximum atomic E-state index is 10.6. The van der Waals surface area contributed by atoms with Crippen molar-refractivity contribution in [3.8, 4) is 0 Å². The van der Waals surface area contributed by atoms with Crippen LogP contribution < -0.4 is 11.1 Å². The van der Waals surface area contributed by atoms with Crippen LogP contribution >= 0.6 is 0 Å². The van der Waals surface area contributed by atoms with Crippen LogP contribution in [0.2, 0.25) is 0 Å². The van der Waals surface area contributed by atoms with Crippen molar-refractivity contribution in [3.05, 3.63) is 0 Å². The van der Waals surface area contributed by atoms with E-state index < -0.39 is 0 Å². The highest BCUT2D eigenvalue weighted by Crippen LogP contribution is 2.07. The van der Waals surface area contributed by atoms with Gasteiger partial charge in [0.2, 0.25) is 5.91 Å². The number of nitrogens with one attached hydrogen (secondary N) is 1. The van der Waals surface area contributed by atoms with Crippen molar-refractivity contribution in [2.45, 2.75) is 12.8 Å². The summed E-state index contributed by atoms with van der Waals surface area (Å²) in [6.45, 7) is 1.47. The molecule has 0 aromatic rings. The molecule has 3 N–H and O–H groups in total. The minimum Gasteiger partial charge on any atom is -0.356 e. The summed E-state index contributed by atoms with van der Waals surface area (Å²) in [7, 11) is 0. The van der Waals surface area contributed by atoms with Crippen LogP contribution in [0.15, 0.2) is 0 Å². The lowest BCUT2D eigenvalue weighted by molar-refractivity contribution is -0.122. The fourth-order valence-corrected chi connectivity index (χ4v) is 0.985. The molecule has 1 amide bonds. The standard InChI is InChI=1S/C6H12N2O/c7-3-5-1-2-6(9)8-4-5/h5H,1-4,7H2,(H,8,9)/t5-/m1/s1. The summed E-state index contributed by atoms with van der Waals surface area (Å²) < 4.78 is 0. The number of carbonyl (C=O) groups is 1. The van der Waals surface area contributed by atoms with Gasteiger partial charge in [-0.2, -0.15) is 0 Å². The lowest BCUT2D eigenvalue weighted by Gasteiger charge is -2.19. The van der Waals surface area contributed by atoms with Gasteiger partial charge >= 0.3 is 0 Å².